The number of hydrogen-bond acceptors (Lipinski definition) is 5. The van der Waals surface area contributed by atoms with Crippen LogP contribution < -0.4 is 5.73 Å². The molecule has 1 atom stereocenters. The zero-order chi connectivity index (χ0) is 11.8. The average molecular weight is 223 g/mol. The van der Waals surface area contributed by atoms with E-state index in [1.54, 1.807) is 19.3 Å². The van der Waals surface area contributed by atoms with Gasteiger partial charge in [-0.1, -0.05) is 0 Å². The van der Waals surface area contributed by atoms with Crippen LogP contribution >= 0.6 is 0 Å². The molecule has 1 aromatic rings. The van der Waals surface area contributed by atoms with Crippen LogP contribution in [-0.2, 0) is 16.0 Å². The van der Waals surface area contributed by atoms with Gasteiger partial charge in [-0.15, -0.1) is 0 Å². The summed E-state index contributed by atoms with van der Waals surface area (Å²) in [7, 11) is 0. The summed E-state index contributed by atoms with van der Waals surface area (Å²) in [5.41, 5.74) is 6.87. The second-order valence-corrected chi connectivity index (χ2v) is 3.55. The Morgan fingerprint density at radius 1 is 1.50 bits per heavy atom. The molecule has 16 heavy (non-hydrogen) atoms. The fourth-order valence-corrected chi connectivity index (χ4v) is 1.38. The predicted molar refractivity (Wildman–Crippen MR) is 59.6 cm³/mol. The van der Waals surface area contributed by atoms with E-state index in [2.05, 4.69) is 9.97 Å². The summed E-state index contributed by atoms with van der Waals surface area (Å²) in [6, 6.07) is -0.0598. The van der Waals surface area contributed by atoms with Crippen LogP contribution in [0.5, 0.6) is 0 Å². The summed E-state index contributed by atoms with van der Waals surface area (Å²) >= 11 is 0. The Hall–Kier alpha value is -1.49. The van der Waals surface area contributed by atoms with Crippen LogP contribution in [0.3, 0.4) is 0 Å². The highest BCUT2D eigenvalue weighted by molar-refractivity contribution is 5.69. The quantitative estimate of drug-likeness (QED) is 0.718. The van der Waals surface area contributed by atoms with Crippen LogP contribution in [0, 0.1) is 0 Å². The Bertz CT molecular complexity index is 316. The molecular formula is C11H17N3O2. The summed E-state index contributed by atoms with van der Waals surface area (Å²) < 4.78 is 4.82. The van der Waals surface area contributed by atoms with E-state index >= 15 is 0 Å². The number of hydrogen-bond donors (Lipinski definition) is 1. The van der Waals surface area contributed by atoms with Crippen molar-refractivity contribution in [3.63, 3.8) is 0 Å². The van der Waals surface area contributed by atoms with Crippen molar-refractivity contribution in [2.24, 2.45) is 5.73 Å². The number of carbonyl (C=O) groups is 1. The molecule has 2 N–H and O–H groups in total. The van der Waals surface area contributed by atoms with Gasteiger partial charge < -0.3 is 10.5 Å². The van der Waals surface area contributed by atoms with Crippen LogP contribution in [0.2, 0.25) is 0 Å². The third kappa shape index (κ3) is 4.84. The number of nitrogens with two attached hydrogens (primary N) is 1. The van der Waals surface area contributed by atoms with Crippen molar-refractivity contribution >= 4 is 5.97 Å². The monoisotopic (exact) mass is 223 g/mol. The molecule has 5 heteroatoms. The van der Waals surface area contributed by atoms with E-state index in [-0.39, 0.29) is 12.0 Å². The molecule has 1 aromatic heterocycles. The SMILES string of the molecule is CCOC(=O)CCC(N)Cc1cncnc1. The van der Waals surface area contributed by atoms with Crippen molar-refractivity contribution in [2.45, 2.75) is 32.2 Å². The summed E-state index contributed by atoms with van der Waals surface area (Å²) in [6.07, 6.45) is 6.61. The van der Waals surface area contributed by atoms with Crippen molar-refractivity contribution < 1.29 is 9.53 Å². The Kier molecular flexibility index (Phi) is 5.42. The number of rotatable bonds is 6. The third-order valence-corrected chi connectivity index (χ3v) is 2.14. The molecule has 0 aliphatic carbocycles. The van der Waals surface area contributed by atoms with Gasteiger partial charge in [0, 0.05) is 24.9 Å². The first-order chi connectivity index (χ1) is 7.72. The first-order valence-corrected chi connectivity index (χ1v) is 5.37. The highest BCUT2D eigenvalue weighted by Crippen LogP contribution is 2.04. The van der Waals surface area contributed by atoms with Gasteiger partial charge in [0.2, 0.25) is 0 Å². The summed E-state index contributed by atoms with van der Waals surface area (Å²) in [5, 5.41) is 0. The van der Waals surface area contributed by atoms with E-state index in [4.69, 9.17) is 10.5 Å². The van der Waals surface area contributed by atoms with Crippen LogP contribution in [-0.4, -0.2) is 28.6 Å². The van der Waals surface area contributed by atoms with Crippen LogP contribution in [0.4, 0.5) is 0 Å². The zero-order valence-electron chi connectivity index (χ0n) is 9.43. The topological polar surface area (TPSA) is 78.1 Å². The minimum Gasteiger partial charge on any atom is -0.466 e. The first kappa shape index (κ1) is 12.6. The summed E-state index contributed by atoms with van der Waals surface area (Å²) in [6.45, 7) is 2.21. The van der Waals surface area contributed by atoms with Crippen molar-refractivity contribution in [1.29, 1.82) is 0 Å². The maximum absolute atomic E-state index is 11.1. The van der Waals surface area contributed by atoms with Crippen molar-refractivity contribution in [3.05, 3.63) is 24.3 Å². The van der Waals surface area contributed by atoms with Crippen molar-refractivity contribution in [2.75, 3.05) is 6.61 Å². The van der Waals surface area contributed by atoms with E-state index < -0.39 is 0 Å². The highest BCUT2D eigenvalue weighted by atomic mass is 16.5. The lowest BCUT2D eigenvalue weighted by atomic mass is 10.1. The minimum absolute atomic E-state index is 0.0598. The minimum atomic E-state index is -0.192. The first-order valence-electron chi connectivity index (χ1n) is 5.37. The molecule has 88 valence electrons. The third-order valence-electron chi connectivity index (χ3n) is 2.14. The van der Waals surface area contributed by atoms with Crippen LogP contribution in [0.15, 0.2) is 18.7 Å². The molecule has 1 rings (SSSR count). The normalized spacial score (nSPS) is 12.1. The highest BCUT2D eigenvalue weighted by Gasteiger charge is 2.08. The molecule has 0 aromatic carbocycles. The van der Waals surface area contributed by atoms with Crippen LogP contribution in [0.25, 0.3) is 0 Å². The van der Waals surface area contributed by atoms with E-state index in [0.717, 1.165) is 5.56 Å². The van der Waals surface area contributed by atoms with E-state index in [1.165, 1.54) is 6.33 Å². The Balaban J connectivity index is 2.26. The smallest absolute Gasteiger partial charge is 0.305 e. The molecule has 0 saturated heterocycles. The number of esters is 1. The number of ether oxygens (including phenoxy) is 1. The maximum Gasteiger partial charge on any atom is 0.305 e. The summed E-state index contributed by atoms with van der Waals surface area (Å²) in [5.74, 6) is -0.192. The lowest BCUT2D eigenvalue weighted by molar-refractivity contribution is -0.143. The van der Waals surface area contributed by atoms with Crippen LogP contribution in [0.1, 0.15) is 25.3 Å². The van der Waals surface area contributed by atoms with Crippen molar-refractivity contribution in [3.8, 4) is 0 Å². The molecule has 0 aliphatic rings. The largest absolute Gasteiger partial charge is 0.466 e. The van der Waals surface area contributed by atoms with Crippen molar-refractivity contribution in [1.82, 2.24) is 9.97 Å². The Labute approximate surface area is 95.0 Å². The van der Waals surface area contributed by atoms with E-state index in [0.29, 0.717) is 25.9 Å². The average Bonchev–Trinajstić information content (AvgIpc) is 2.28. The second-order valence-electron chi connectivity index (χ2n) is 3.55. The number of aromatic nitrogens is 2. The Morgan fingerprint density at radius 3 is 2.81 bits per heavy atom. The molecule has 0 fully saturated rings. The molecule has 0 amide bonds. The van der Waals surface area contributed by atoms with Gasteiger partial charge in [-0.05, 0) is 25.3 Å². The lowest BCUT2D eigenvalue weighted by Gasteiger charge is -2.10. The van der Waals surface area contributed by atoms with Gasteiger partial charge in [0.1, 0.15) is 6.33 Å². The van der Waals surface area contributed by atoms with Gasteiger partial charge in [-0.2, -0.15) is 0 Å². The molecule has 0 bridgehead atoms. The summed E-state index contributed by atoms with van der Waals surface area (Å²) in [4.78, 5) is 18.9. The second kappa shape index (κ2) is 6.90. The molecule has 0 aliphatic heterocycles. The van der Waals surface area contributed by atoms with Gasteiger partial charge in [-0.3, -0.25) is 4.79 Å². The fraction of sp³-hybridized carbons (Fsp3) is 0.545. The Morgan fingerprint density at radius 2 is 2.19 bits per heavy atom. The molecular weight excluding hydrogens is 206 g/mol. The lowest BCUT2D eigenvalue weighted by Crippen LogP contribution is -2.24. The molecule has 1 unspecified atom stereocenters. The van der Waals surface area contributed by atoms with E-state index in [9.17, 15) is 4.79 Å². The van der Waals surface area contributed by atoms with Gasteiger partial charge in [0.05, 0.1) is 6.61 Å². The molecule has 0 spiro atoms. The van der Waals surface area contributed by atoms with Gasteiger partial charge in [-0.25, -0.2) is 9.97 Å². The van der Waals surface area contributed by atoms with Gasteiger partial charge in [0.25, 0.3) is 0 Å². The molecule has 1 heterocycles. The fourth-order valence-electron chi connectivity index (χ4n) is 1.38. The molecule has 0 radical (unpaired) electrons. The number of nitrogens with zero attached hydrogens (tertiary/aromatic N) is 2. The zero-order valence-corrected chi connectivity index (χ0v) is 9.43. The molecule has 5 nitrogen and oxygen atoms in total. The standard InChI is InChI=1S/C11H17N3O2/c1-2-16-11(15)4-3-10(12)5-9-6-13-8-14-7-9/h6-8,10H,2-5,12H2,1H3. The van der Waals surface area contributed by atoms with Gasteiger partial charge >= 0.3 is 5.97 Å². The number of carbonyl (C=O) groups excluding carboxylic acids is 1. The predicted octanol–water partition coefficient (Wildman–Crippen LogP) is 0.690. The molecule has 0 saturated carbocycles. The van der Waals surface area contributed by atoms with E-state index in [1.807, 2.05) is 0 Å². The van der Waals surface area contributed by atoms with Gasteiger partial charge in [0.15, 0.2) is 0 Å². The maximum atomic E-state index is 11.1.